The molecule has 2 fully saturated rings. The molecule has 2 aromatic heterocycles. The molecule has 4 rings (SSSR count). The molecule has 0 aromatic carbocycles. The van der Waals surface area contributed by atoms with Crippen LogP contribution in [0.2, 0.25) is 0 Å². The van der Waals surface area contributed by atoms with Crippen molar-refractivity contribution in [3.63, 3.8) is 0 Å². The zero-order valence-corrected chi connectivity index (χ0v) is 12.9. The molecule has 0 unspecified atom stereocenters. The number of aromatic nitrogens is 3. The monoisotopic (exact) mass is 316 g/mol. The van der Waals surface area contributed by atoms with Gasteiger partial charge in [-0.2, -0.15) is 0 Å². The second kappa shape index (κ2) is 5.72. The Morgan fingerprint density at radius 3 is 2.74 bits per heavy atom. The molecule has 0 saturated heterocycles. The molecule has 23 heavy (non-hydrogen) atoms. The highest BCUT2D eigenvalue weighted by Gasteiger charge is 2.31. The van der Waals surface area contributed by atoms with E-state index in [1.54, 1.807) is 23.0 Å². The van der Waals surface area contributed by atoms with Crippen molar-refractivity contribution < 1.29 is 9.21 Å². The maximum atomic E-state index is 12.6. The van der Waals surface area contributed by atoms with Crippen LogP contribution in [0.1, 0.15) is 44.6 Å². The van der Waals surface area contributed by atoms with Crippen molar-refractivity contribution >= 4 is 5.91 Å². The number of carbonyl (C=O) groups is 1. The molecular weight excluding hydrogens is 296 g/mol. The number of rotatable bonds is 5. The van der Waals surface area contributed by atoms with Crippen molar-refractivity contribution in [2.45, 2.75) is 57.2 Å². The van der Waals surface area contributed by atoms with E-state index in [2.05, 4.69) is 10.4 Å². The molecule has 2 heterocycles. The van der Waals surface area contributed by atoms with Gasteiger partial charge in [-0.1, -0.05) is 12.8 Å². The fourth-order valence-corrected chi connectivity index (χ4v) is 3.24. The first-order valence-corrected chi connectivity index (χ1v) is 8.25. The molecule has 0 bridgehead atoms. The summed E-state index contributed by atoms with van der Waals surface area (Å²) >= 11 is 0. The molecule has 2 aromatic rings. The summed E-state index contributed by atoms with van der Waals surface area (Å²) in [5.74, 6) is 0.922. The van der Waals surface area contributed by atoms with Crippen LogP contribution in [-0.2, 0) is 11.3 Å². The second-order valence-corrected chi connectivity index (χ2v) is 6.39. The van der Waals surface area contributed by atoms with Gasteiger partial charge in [0.1, 0.15) is 6.54 Å². The Hall–Kier alpha value is -2.31. The zero-order chi connectivity index (χ0) is 15.8. The van der Waals surface area contributed by atoms with Gasteiger partial charge in [-0.05, 0) is 37.8 Å². The van der Waals surface area contributed by atoms with Crippen molar-refractivity contribution in [2.24, 2.45) is 0 Å². The van der Waals surface area contributed by atoms with E-state index in [1.165, 1.54) is 4.68 Å². The predicted molar refractivity (Wildman–Crippen MR) is 82.9 cm³/mol. The third-order valence-electron chi connectivity index (χ3n) is 4.54. The topological polar surface area (TPSA) is 82.1 Å². The smallest absolute Gasteiger partial charge is 0.347 e. The molecule has 0 atom stereocenters. The maximum absolute atomic E-state index is 12.6. The van der Waals surface area contributed by atoms with Crippen molar-refractivity contribution in [3.05, 3.63) is 28.9 Å². The summed E-state index contributed by atoms with van der Waals surface area (Å²) in [5, 5.41) is 7.33. The van der Waals surface area contributed by atoms with Gasteiger partial charge in [-0.25, -0.2) is 9.48 Å². The molecule has 7 heteroatoms. The third-order valence-corrected chi connectivity index (χ3v) is 4.54. The molecule has 1 amide bonds. The number of carbonyl (C=O) groups excluding carboxylic acids is 1. The van der Waals surface area contributed by atoms with Crippen LogP contribution >= 0.6 is 0 Å². The Labute approximate surface area is 133 Å². The lowest BCUT2D eigenvalue weighted by Crippen LogP contribution is -2.38. The minimum absolute atomic E-state index is 0.0389. The first-order valence-electron chi connectivity index (χ1n) is 8.25. The molecule has 7 nitrogen and oxygen atoms in total. The third kappa shape index (κ3) is 2.83. The fraction of sp³-hybridized carbons (Fsp3) is 0.562. The van der Waals surface area contributed by atoms with Crippen LogP contribution in [0.3, 0.4) is 0 Å². The Morgan fingerprint density at radius 1 is 1.30 bits per heavy atom. The summed E-state index contributed by atoms with van der Waals surface area (Å²) in [5.41, 5.74) is -0.236. The Morgan fingerprint density at radius 2 is 2.09 bits per heavy atom. The molecular formula is C16H20N4O3. The molecule has 0 aliphatic heterocycles. The van der Waals surface area contributed by atoms with Crippen molar-refractivity contribution in [1.29, 1.82) is 0 Å². The van der Waals surface area contributed by atoms with E-state index in [9.17, 15) is 9.59 Å². The van der Waals surface area contributed by atoms with Gasteiger partial charge in [0, 0.05) is 12.1 Å². The van der Waals surface area contributed by atoms with Gasteiger partial charge < -0.3 is 9.73 Å². The highest BCUT2D eigenvalue weighted by molar-refractivity contribution is 5.76. The van der Waals surface area contributed by atoms with E-state index < -0.39 is 0 Å². The van der Waals surface area contributed by atoms with E-state index in [0.29, 0.717) is 11.6 Å². The van der Waals surface area contributed by atoms with Gasteiger partial charge >= 0.3 is 5.69 Å². The molecule has 2 aliphatic carbocycles. The second-order valence-electron chi connectivity index (χ2n) is 6.39. The summed E-state index contributed by atoms with van der Waals surface area (Å²) in [6.07, 6.45) is 7.85. The molecule has 0 radical (unpaired) electrons. The van der Waals surface area contributed by atoms with Gasteiger partial charge in [-0.15, -0.1) is 5.10 Å². The number of furan rings is 1. The Kier molecular flexibility index (Phi) is 3.55. The van der Waals surface area contributed by atoms with Crippen LogP contribution in [0.5, 0.6) is 0 Å². The number of hydrogen-bond acceptors (Lipinski definition) is 4. The largest absolute Gasteiger partial charge is 0.461 e. The fourth-order valence-electron chi connectivity index (χ4n) is 3.24. The van der Waals surface area contributed by atoms with Gasteiger partial charge in [0.2, 0.25) is 11.7 Å². The highest BCUT2D eigenvalue weighted by atomic mass is 16.3. The van der Waals surface area contributed by atoms with Crippen LogP contribution in [0.4, 0.5) is 0 Å². The molecule has 0 spiro atoms. The highest BCUT2D eigenvalue weighted by Crippen LogP contribution is 2.36. The van der Waals surface area contributed by atoms with Crippen LogP contribution in [0, 0.1) is 0 Å². The van der Waals surface area contributed by atoms with Crippen LogP contribution in [-0.4, -0.2) is 26.3 Å². The van der Waals surface area contributed by atoms with Gasteiger partial charge in [0.25, 0.3) is 0 Å². The molecule has 2 aliphatic rings. The lowest BCUT2D eigenvalue weighted by molar-refractivity contribution is -0.122. The lowest BCUT2D eigenvalue weighted by Gasteiger charge is -2.11. The minimum Gasteiger partial charge on any atom is -0.461 e. The summed E-state index contributed by atoms with van der Waals surface area (Å²) in [7, 11) is 0. The van der Waals surface area contributed by atoms with E-state index in [4.69, 9.17) is 4.42 Å². The number of amides is 1. The predicted octanol–water partition coefficient (Wildman–Crippen LogP) is 1.70. The first kappa shape index (κ1) is 14.3. The minimum atomic E-state index is -0.236. The molecule has 122 valence electrons. The standard InChI is InChI=1S/C16H20N4O3/c21-14(17-11-4-1-2-5-11)10-19-16(22)20(12-7-8-12)15(18-19)13-6-3-9-23-13/h3,6,9,11-12H,1-2,4-5,7-8,10H2,(H,17,21). The maximum Gasteiger partial charge on any atom is 0.347 e. The first-order chi connectivity index (χ1) is 11.2. The van der Waals surface area contributed by atoms with Crippen LogP contribution in [0.15, 0.2) is 27.6 Å². The summed E-state index contributed by atoms with van der Waals surface area (Å²) < 4.78 is 8.29. The Balaban J connectivity index is 1.57. The normalized spacial score (nSPS) is 18.4. The van der Waals surface area contributed by atoms with E-state index in [1.807, 2.05) is 0 Å². The summed E-state index contributed by atoms with van der Waals surface area (Å²) in [6.45, 7) is -0.0389. The molecule has 2 saturated carbocycles. The van der Waals surface area contributed by atoms with Crippen molar-refractivity contribution in [3.8, 4) is 11.6 Å². The lowest BCUT2D eigenvalue weighted by atomic mass is 10.2. The quantitative estimate of drug-likeness (QED) is 0.910. The number of nitrogens with one attached hydrogen (secondary N) is 1. The Bertz CT molecular complexity index is 749. The van der Waals surface area contributed by atoms with Gasteiger partial charge in [0.15, 0.2) is 5.76 Å². The van der Waals surface area contributed by atoms with Gasteiger partial charge in [-0.3, -0.25) is 9.36 Å². The SMILES string of the molecule is O=C(Cn1nc(-c2ccco2)n(C2CC2)c1=O)NC1CCCC1. The summed E-state index contributed by atoms with van der Waals surface area (Å²) in [6, 6.07) is 3.97. The zero-order valence-electron chi connectivity index (χ0n) is 12.9. The molecule has 1 N–H and O–H groups in total. The van der Waals surface area contributed by atoms with E-state index in [-0.39, 0.29) is 30.2 Å². The van der Waals surface area contributed by atoms with Gasteiger partial charge in [0.05, 0.1) is 6.26 Å². The summed E-state index contributed by atoms with van der Waals surface area (Å²) in [4.78, 5) is 24.8. The van der Waals surface area contributed by atoms with Crippen LogP contribution in [0.25, 0.3) is 11.6 Å². The average Bonchev–Trinajstić information content (AvgIpc) is 2.95. The van der Waals surface area contributed by atoms with Crippen LogP contribution < -0.4 is 11.0 Å². The van der Waals surface area contributed by atoms with E-state index in [0.717, 1.165) is 38.5 Å². The van der Waals surface area contributed by atoms with E-state index >= 15 is 0 Å². The van der Waals surface area contributed by atoms with Crippen molar-refractivity contribution in [2.75, 3.05) is 0 Å². The average molecular weight is 316 g/mol. The number of hydrogen-bond donors (Lipinski definition) is 1. The number of nitrogens with zero attached hydrogens (tertiary/aromatic N) is 3. The van der Waals surface area contributed by atoms with Crippen molar-refractivity contribution in [1.82, 2.24) is 19.7 Å².